The van der Waals surface area contributed by atoms with E-state index in [0.717, 1.165) is 11.8 Å². The lowest BCUT2D eigenvalue weighted by molar-refractivity contribution is 0.321. The third kappa shape index (κ3) is 7.14. The van der Waals surface area contributed by atoms with Gasteiger partial charge in [-0.3, -0.25) is 0 Å². The lowest BCUT2D eigenvalue weighted by Gasteiger charge is -2.21. The van der Waals surface area contributed by atoms with Gasteiger partial charge in [0, 0.05) is 0 Å². The maximum Gasteiger partial charge on any atom is -0.0386 e. The van der Waals surface area contributed by atoms with Crippen molar-refractivity contribution in [2.75, 3.05) is 0 Å². The molecule has 0 aromatic carbocycles. The first kappa shape index (κ1) is 16.4. The monoisotopic (exact) mass is 276 g/mol. The van der Waals surface area contributed by atoms with Gasteiger partial charge in [0.2, 0.25) is 0 Å². The van der Waals surface area contributed by atoms with Gasteiger partial charge < -0.3 is 0 Å². The van der Waals surface area contributed by atoms with Gasteiger partial charge in [0.25, 0.3) is 0 Å². The highest BCUT2D eigenvalue weighted by molar-refractivity contribution is 4.74. The van der Waals surface area contributed by atoms with Gasteiger partial charge in [-0.25, -0.2) is 0 Å². The molecule has 116 valence electrons. The van der Waals surface area contributed by atoms with Crippen molar-refractivity contribution in [2.24, 2.45) is 11.8 Å². The Kier molecular flexibility index (Phi) is 8.75. The molecule has 2 radical (unpaired) electrons. The number of rotatable bonds is 3. The lowest BCUT2D eigenvalue weighted by atomic mass is 9.85. The zero-order valence-corrected chi connectivity index (χ0v) is 13.6. The minimum absolute atomic E-state index is 1.06. The van der Waals surface area contributed by atoms with E-state index in [9.17, 15) is 0 Å². The second-order valence-electron chi connectivity index (χ2n) is 7.32. The quantitative estimate of drug-likeness (QED) is 0.526. The molecule has 2 aliphatic carbocycles. The van der Waals surface area contributed by atoms with Crippen LogP contribution < -0.4 is 0 Å². The van der Waals surface area contributed by atoms with Gasteiger partial charge in [-0.15, -0.1) is 0 Å². The Morgan fingerprint density at radius 2 is 0.900 bits per heavy atom. The fraction of sp³-hybridized carbons (Fsp3) is 0.900. The molecule has 0 aliphatic heterocycles. The Balaban J connectivity index is 1.67. The molecule has 0 spiro atoms. The van der Waals surface area contributed by atoms with Crippen LogP contribution in [-0.4, -0.2) is 0 Å². The van der Waals surface area contributed by atoms with E-state index >= 15 is 0 Å². The summed E-state index contributed by atoms with van der Waals surface area (Å²) in [5, 5.41) is 0. The molecular weight excluding hydrogens is 240 g/mol. The largest absolute Gasteiger partial charge is 0.0530 e. The first-order valence-electron chi connectivity index (χ1n) is 9.58. The van der Waals surface area contributed by atoms with Crippen LogP contribution >= 0.6 is 0 Å². The van der Waals surface area contributed by atoms with E-state index in [1.165, 1.54) is 103 Å². The van der Waals surface area contributed by atoms with Gasteiger partial charge in [0.05, 0.1) is 0 Å². The smallest absolute Gasteiger partial charge is 0.0386 e. The molecule has 0 N–H and O–H groups in total. The fourth-order valence-electron chi connectivity index (χ4n) is 4.17. The summed E-state index contributed by atoms with van der Waals surface area (Å²) < 4.78 is 0. The summed E-state index contributed by atoms with van der Waals surface area (Å²) in [5.74, 6) is 2.11. The van der Waals surface area contributed by atoms with E-state index in [1.807, 2.05) is 0 Å². The Bertz CT molecular complexity index is 176. The molecule has 2 unspecified atom stereocenters. The average Bonchev–Trinajstić information content (AvgIpc) is 2.68. The molecule has 2 aliphatic rings. The molecule has 2 rings (SSSR count). The van der Waals surface area contributed by atoms with Crippen LogP contribution in [0, 0.1) is 24.7 Å². The van der Waals surface area contributed by atoms with Crippen molar-refractivity contribution in [1.29, 1.82) is 0 Å². The molecular formula is C20H36. The SMILES string of the molecule is [CH]1CCCCC(CCC2CCC[CH]CCCC2)CCC1. The van der Waals surface area contributed by atoms with Crippen molar-refractivity contribution in [3.05, 3.63) is 12.8 Å². The third-order valence-corrected chi connectivity index (χ3v) is 5.57. The normalized spacial score (nSPS) is 25.8. The van der Waals surface area contributed by atoms with Crippen LogP contribution in [0.15, 0.2) is 0 Å². The Morgan fingerprint density at radius 1 is 0.500 bits per heavy atom. The van der Waals surface area contributed by atoms with Crippen molar-refractivity contribution in [2.45, 2.75) is 103 Å². The van der Waals surface area contributed by atoms with Crippen LogP contribution in [0.1, 0.15) is 103 Å². The van der Waals surface area contributed by atoms with Gasteiger partial charge in [0.15, 0.2) is 0 Å². The standard InChI is InChI=1S/C20H36/c1-2-6-10-14-19(13-9-5-1)17-18-20-15-11-7-3-4-8-12-16-20/h1,3,19-20H,2,4-18H2. The molecule has 0 aromatic heterocycles. The highest BCUT2D eigenvalue weighted by atomic mass is 14.2. The van der Waals surface area contributed by atoms with Crippen LogP contribution in [0.3, 0.4) is 0 Å². The minimum Gasteiger partial charge on any atom is -0.0530 e. The second kappa shape index (κ2) is 10.7. The van der Waals surface area contributed by atoms with E-state index in [2.05, 4.69) is 12.8 Å². The maximum atomic E-state index is 2.54. The zero-order valence-electron chi connectivity index (χ0n) is 13.6. The van der Waals surface area contributed by atoms with Crippen molar-refractivity contribution in [3.63, 3.8) is 0 Å². The Hall–Kier alpha value is 0. The topological polar surface area (TPSA) is 0 Å². The van der Waals surface area contributed by atoms with Gasteiger partial charge >= 0.3 is 0 Å². The van der Waals surface area contributed by atoms with E-state index in [-0.39, 0.29) is 0 Å². The van der Waals surface area contributed by atoms with Gasteiger partial charge in [0.1, 0.15) is 0 Å². The van der Waals surface area contributed by atoms with Crippen LogP contribution in [0.4, 0.5) is 0 Å². The van der Waals surface area contributed by atoms with Crippen LogP contribution in [0.25, 0.3) is 0 Å². The Morgan fingerprint density at radius 3 is 1.40 bits per heavy atom. The van der Waals surface area contributed by atoms with Gasteiger partial charge in [-0.1, -0.05) is 103 Å². The molecule has 0 bridgehead atoms. The summed E-state index contributed by atoms with van der Waals surface area (Å²) in [6.07, 6.45) is 28.6. The van der Waals surface area contributed by atoms with Crippen molar-refractivity contribution in [3.8, 4) is 0 Å². The molecule has 0 nitrogen and oxygen atoms in total. The van der Waals surface area contributed by atoms with Crippen molar-refractivity contribution in [1.82, 2.24) is 0 Å². The molecule has 2 fully saturated rings. The molecule has 20 heavy (non-hydrogen) atoms. The summed E-state index contributed by atoms with van der Waals surface area (Å²) >= 11 is 0. The van der Waals surface area contributed by atoms with Crippen LogP contribution in [-0.2, 0) is 0 Å². The van der Waals surface area contributed by atoms with Gasteiger partial charge in [-0.05, 0) is 24.7 Å². The van der Waals surface area contributed by atoms with E-state index in [0.29, 0.717) is 0 Å². The molecule has 0 amide bonds. The van der Waals surface area contributed by atoms with Crippen LogP contribution in [0.5, 0.6) is 0 Å². The lowest BCUT2D eigenvalue weighted by Crippen LogP contribution is -2.06. The average molecular weight is 277 g/mol. The molecule has 2 atom stereocenters. The van der Waals surface area contributed by atoms with Crippen molar-refractivity contribution < 1.29 is 0 Å². The number of hydrogen-bond acceptors (Lipinski definition) is 0. The predicted molar refractivity (Wildman–Crippen MR) is 89.5 cm³/mol. The summed E-state index contributed by atoms with van der Waals surface area (Å²) in [6, 6.07) is 0. The summed E-state index contributed by atoms with van der Waals surface area (Å²) in [5.41, 5.74) is 0. The second-order valence-corrected chi connectivity index (χ2v) is 7.32. The summed E-state index contributed by atoms with van der Waals surface area (Å²) in [6.45, 7) is 0. The molecule has 0 saturated heterocycles. The first-order chi connectivity index (χ1) is 9.95. The molecule has 0 heteroatoms. The van der Waals surface area contributed by atoms with E-state index in [4.69, 9.17) is 0 Å². The summed E-state index contributed by atoms with van der Waals surface area (Å²) in [4.78, 5) is 0. The molecule has 0 aromatic rings. The fourth-order valence-corrected chi connectivity index (χ4v) is 4.17. The van der Waals surface area contributed by atoms with Crippen molar-refractivity contribution >= 4 is 0 Å². The third-order valence-electron chi connectivity index (χ3n) is 5.57. The minimum atomic E-state index is 1.06. The van der Waals surface area contributed by atoms with Crippen LogP contribution in [0.2, 0.25) is 0 Å². The molecule has 0 heterocycles. The predicted octanol–water partition coefficient (Wildman–Crippen LogP) is 6.90. The highest BCUT2D eigenvalue weighted by Gasteiger charge is 2.15. The first-order valence-corrected chi connectivity index (χ1v) is 9.58. The maximum absolute atomic E-state index is 2.54. The Labute approximate surface area is 128 Å². The van der Waals surface area contributed by atoms with Gasteiger partial charge in [-0.2, -0.15) is 0 Å². The van der Waals surface area contributed by atoms with E-state index in [1.54, 1.807) is 0 Å². The number of hydrogen-bond donors (Lipinski definition) is 0. The zero-order chi connectivity index (χ0) is 13.9. The summed E-state index contributed by atoms with van der Waals surface area (Å²) in [7, 11) is 0. The molecule has 2 saturated carbocycles. The highest BCUT2D eigenvalue weighted by Crippen LogP contribution is 2.30. The van der Waals surface area contributed by atoms with E-state index < -0.39 is 0 Å².